The minimum Gasteiger partial charge on any atom is -0.217 e. The van der Waals surface area contributed by atoms with Crippen molar-refractivity contribution >= 4 is 26.3 Å². The average molecular weight is 439 g/mol. The highest BCUT2D eigenvalue weighted by atomic mass is 32.2. The summed E-state index contributed by atoms with van der Waals surface area (Å²) >= 11 is 1.53. The molecule has 4 aromatic rings. The van der Waals surface area contributed by atoms with E-state index in [0.29, 0.717) is 4.90 Å². The Morgan fingerprint density at radius 3 is 2.70 bits per heavy atom. The second-order valence-corrected chi connectivity index (χ2v) is 10.2. The van der Waals surface area contributed by atoms with Gasteiger partial charge in [-0.2, -0.15) is 5.10 Å². The lowest BCUT2D eigenvalue weighted by Gasteiger charge is -2.09. The lowest BCUT2D eigenvalue weighted by molar-refractivity contribution is 0.579. The zero-order valence-electron chi connectivity index (χ0n) is 16.6. The van der Waals surface area contributed by atoms with Crippen LogP contribution in [0.5, 0.6) is 0 Å². The van der Waals surface area contributed by atoms with E-state index >= 15 is 0 Å². The van der Waals surface area contributed by atoms with Gasteiger partial charge in [-0.3, -0.25) is 0 Å². The lowest BCUT2D eigenvalue weighted by Crippen LogP contribution is -2.24. The third kappa shape index (κ3) is 3.45. The van der Waals surface area contributed by atoms with Crippen LogP contribution < -0.4 is 4.72 Å². The van der Waals surface area contributed by atoms with Crippen LogP contribution in [0, 0.1) is 0 Å². The topological polar surface area (TPSA) is 76.4 Å². The van der Waals surface area contributed by atoms with Crippen LogP contribution in [0.1, 0.15) is 35.2 Å². The summed E-state index contributed by atoms with van der Waals surface area (Å²) < 4.78 is 30.6. The van der Waals surface area contributed by atoms with Crippen molar-refractivity contribution in [3.63, 3.8) is 0 Å². The maximum atomic E-state index is 13.0. The molecule has 0 atom stereocenters. The summed E-state index contributed by atoms with van der Waals surface area (Å²) in [6.07, 6.45) is 3.87. The standard InChI is InChI=1S/C22H22N4O2S2/c1-2-20-25-26-19(21(24-22(26)29-20)16-7-4-3-5-8-16)14-23-30(27,28)18-12-11-15-9-6-10-17(15)13-18/h3-5,7-8,11-13,23H,2,6,9-10,14H2,1H3. The Hall–Kier alpha value is -2.55. The quantitative estimate of drug-likeness (QED) is 0.494. The van der Waals surface area contributed by atoms with Gasteiger partial charge in [0.1, 0.15) is 5.01 Å². The van der Waals surface area contributed by atoms with E-state index in [0.717, 1.165) is 58.2 Å². The monoisotopic (exact) mass is 438 g/mol. The molecule has 30 heavy (non-hydrogen) atoms. The predicted octanol–water partition coefficient (Wildman–Crippen LogP) is 3.99. The molecule has 0 fully saturated rings. The van der Waals surface area contributed by atoms with Gasteiger partial charge in [0.2, 0.25) is 15.0 Å². The van der Waals surface area contributed by atoms with Crippen molar-refractivity contribution < 1.29 is 8.42 Å². The minimum absolute atomic E-state index is 0.123. The fourth-order valence-electron chi connectivity index (χ4n) is 3.92. The predicted molar refractivity (Wildman–Crippen MR) is 118 cm³/mol. The van der Waals surface area contributed by atoms with E-state index in [-0.39, 0.29) is 6.54 Å². The Kier molecular flexibility index (Phi) is 4.92. The molecule has 8 heteroatoms. The van der Waals surface area contributed by atoms with Gasteiger partial charge >= 0.3 is 0 Å². The van der Waals surface area contributed by atoms with E-state index < -0.39 is 10.0 Å². The second kappa shape index (κ2) is 7.61. The number of imidazole rings is 1. The molecule has 2 aromatic heterocycles. The molecule has 0 amide bonds. The highest BCUT2D eigenvalue weighted by Crippen LogP contribution is 2.28. The fourth-order valence-corrected chi connectivity index (χ4v) is 5.81. The third-order valence-electron chi connectivity index (χ3n) is 5.50. The van der Waals surface area contributed by atoms with Crippen molar-refractivity contribution in [2.24, 2.45) is 0 Å². The van der Waals surface area contributed by atoms with Crippen LogP contribution in [0.2, 0.25) is 0 Å². The van der Waals surface area contributed by atoms with Gasteiger partial charge in [-0.25, -0.2) is 22.6 Å². The van der Waals surface area contributed by atoms with E-state index in [2.05, 4.69) is 9.82 Å². The normalized spacial score (nSPS) is 13.8. The number of aryl methyl sites for hydroxylation is 3. The number of nitrogens with zero attached hydrogens (tertiary/aromatic N) is 3. The molecule has 1 N–H and O–H groups in total. The van der Waals surface area contributed by atoms with E-state index in [1.165, 1.54) is 16.9 Å². The SMILES string of the molecule is CCc1nn2c(CNS(=O)(=O)c3ccc4c(c3)CCC4)c(-c3ccccc3)nc2s1. The van der Waals surface area contributed by atoms with Gasteiger partial charge in [0, 0.05) is 5.56 Å². The van der Waals surface area contributed by atoms with Crippen molar-refractivity contribution in [2.75, 3.05) is 0 Å². The summed E-state index contributed by atoms with van der Waals surface area (Å²) in [6, 6.07) is 15.3. The summed E-state index contributed by atoms with van der Waals surface area (Å²) in [7, 11) is -3.64. The van der Waals surface area contributed by atoms with Crippen LogP contribution >= 0.6 is 11.3 Å². The molecule has 2 heterocycles. The second-order valence-electron chi connectivity index (χ2n) is 7.43. The summed E-state index contributed by atoms with van der Waals surface area (Å²) in [4.78, 5) is 5.85. The Balaban J connectivity index is 1.50. The molecule has 1 aliphatic rings. The van der Waals surface area contributed by atoms with Gasteiger partial charge in [-0.1, -0.05) is 54.7 Å². The molecule has 0 radical (unpaired) electrons. The number of fused-ring (bicyclic) bond motifs is 2. The Morgan fingerprint density at radius 1 is 1.10 bits per heavy atom. The minimum atomic E-state index is -3.64. The molecule has 6 nitrogen and oxygen atoms in total. The number of sulfonamides is 1. The Bertz CT molecular complexity index is 1320. The van der Waals surface area contributed by atoms with Crippen LogP contribution in [0.15, 0.2) is 53.4 Å². The van der Waals surface area contributed by atoms with Gasteiger partial charge in [-0.05, 0) is 48.9 Å². The molecule has 0 bridgehead atoms. The van der Waals surface area contributed by atoms with Crippen molar-refractivity contribution in [2.45, 2.75) is 44.0 Å². The average Bonchev–Trinajstić information content (AvgIpc) is 3.46. The van der Waals surface area contributed by atoms with Gasteiger partial charge < -0.3 is 0 Å². The van der Waals surface area contributed by atoms with Crippen LogP contribution in [-0.4, -0.2) is 23.0 Å². The van der Waals surface area contributed by atoms with Crippen molar-refractivity contribution in [3.8, 4) is 11.3 Å². The molecule has 2 aromatic carbocycles. The van der Waals surface area contributed by atoms with Crippen molar-refractivity contribution in [3.05, 3.63) is 70.4 Å². The molecule has 0 aliphatic heterocycles. The van der Waals surface area contributed by atoms with Gasteiger partial charge in [-0.15, -0.1) is 0 Å². The van der Waals surface area contributed by atoms with Crippen LogP contribution in [0.3, 0.4) is 0 Å². The third-order valence-corrected chi connectivity index (χ3v) is 7.95. The van der Waals surface area contributed by atoms with Crippen molar-refractivity contribution in [1.82, 2.24) is 19.3 Å². The van der Waals surface area contributed by atoms with Crippen LogP contribution in [0.25, 0.3) is 16.2 Å². The number of nitrogens with one attached hydrogen (secondary N) is 1. The Labute approximate surface area is 179 Å². The van der Waals surface area contributed by atoms with Crippen molar-refractivity contribution in [1.29, 1.82) is 0 Å². The van der Waals surface area contributed by atoms with Gasteiger partial charge in [0.15, 0.2) is 0 Å². The number of hydrogen-bond donors (Lipinski definition) is 1. The van der Waals surface area contributed by atoms with E-state index in [9.17, 15) is 8.42 Å². The molecule has 5 rings (SSSR count). The highest BCUT2D eigenvalue weighted by Gasteiger charge is 2.22. The Morgan fingerprint density at radius 2 is 1.90 bits per heavy atom. The molecule has 154 valence electrons. The van der Waals surface area contributed by atoms with Crippen LogP contribution in [0.4, 0.5) is 0 Å². The first-order valence-electron chi connectivity index (χ1n) is 10.1. The van der Waals surface area contributed by atoms with Gasteiger partial charge in [0.25, 0.3) is 0 Å². The first kappa shape index (κ1) is 19.4. The van der Waals surface area contributed by atoms with E-state index in [1.54, 1.807) is 10.6 Å². The maximum Gasteiger partial charge on any atom is 0.240 e. The lowest BCUT2D eigenvalue weighted by atomic mass is 10.1. The maximum absolute atomic E-state index is 13.0. The molecular formula is C22H22N4O2S2. The molecule has 1 aliphatic carbocycles. The number of rotatable bonds is 6. The summed E-state index contributed by atoms with van der Waals surface area (Å²) in [6.45, 7) is 2.17. The highest BCUT2D eigenvalue weighted by molar-refractivity contribution is 7.89. The first-order chi connectivity index (χ1) is 14.5. The largest absolute Gasteiger partial charge is 0.240 e. The molecule has 0 saturated heterocycles. The number of benzene rings is 2. The first-order valence-corrected chi connectivity index (χ1v) is 12.4. The summed E-state index contributed by atoms with van der Waals surface area (Å²) in [5.74, 6) is 0. The number of aromatic nitrogens is 3. The number of hydrogen-bond acceptors (Lipinski definition) is 5. The molecule has 0 spiro atoms. The van der Waals surface area contributed by atoms with E-state index in [4.69, 9.17) is 4.98 Å². The summed E-state index contributed by atoms with van der Waals surface area (Å²) in [5.41, 5.74) is 4.85. The zero-order chi connectivity index (χ0) is 20.7. The molecular weight excluding hydrogens is 416 g/mol. The zero-order valence-corrected chi connectivity index (χ0v) is 18.3. The van der Waals surface area contributed by atoms with E-state index in [1.807, 2.05) is 49.4 Å². The fraction of sp³-hybridized carbons (Fsp3) is 0.273. The molecule has 0 unspecified atom stereocenters. The van der Waals surface area contributed by atoms with Crippen LogP contribution in [-0.2, 0) is 35.8 Å². The molecule has 0 saturated carbocycles. The smallest absolute Gasteiger partial charge is 0.217 e. The van der Waals surface area contributed by atoms with Gasteiger partial charge in [0.05, 0.1) is 22.8 Å². The summed E-state index contributed by atoms with van der Waals surface area (Å²) in [5, 5.41) is 5.61.